The van der Waals surface area contributed by atoms with Crippen LogP contribution in [0.15, 0.2) is 51.4 Å². The van der Waals surface area contributed by atoms with Crippen LogP contribution < -0.4 is 0 Å². The summed E-state index contributed by atoms with van der Waals surface area (Å²) in [6, 6.07) is 12.8. The Morgan fingerprint density at radius 1 is 1.10 bits per heavy atom. The van der Waals surface area contributed by atoms with Gasteiger partial charge in [0.1, 0.15) is 5.82 Å². The lowest BCUT2D eigenvalue weighted by Crippen LogP contribution is -2.45. The first kappa shape index (κ1) is 22.4. The fourth-order valence-electron chi connectivity index (χ4n) is 4.16. The zero-order valence-electron chi connectivity index (χ0n) is 16.9. The van der Waals surface area contributed by atoms with Crippen LogP contribution in [0.3, 0.4) is 0 Å². The van der Waals surface area contributed by atoms with Gasteiger partial charge in [-0.2, -0.15) is 0 Å². The molecular formula is C23H27Br2FN2O. The quantitative estimate of drug-likeness (QED) is 0.479. The number of hydrogen-bond donors (Lipinski definition) is 0. The van der Waals surface area contributed by atoms with Crippen LogP contribution in [-0.2, 0) is 16.8 Å². The van der Waals surface area contributed by atoms with Crippen molar-refractivity contribution in [3.63, 3.8) is 0 Å². The molecule has 0 bridgehead atoms. The minimum Gasteiger partial charge on any atom is -0.341 e. The number of carbonyl (C=O) groups excluding carboxylic acids is 1. The summed E-state index contributed by atoms with van der Waals surface area (Å²) in [5.74, 6) is -0.117. The minimum atomic E-state index is -0.237. The first-order valence-electron chi connectivity index (χ1n) is 9.99. The summed E-state index contributed by atoms with van der Waals surface area (Å²) >= 11 is 7.02. The summed E-state index contributed by atoms with van der Waals surface area (Å²) in [7, 11) is 1.86. The van der Waals surface area contributed by atoms with Gasteiger partial charge in [0.05, 0.1) is 0 Å². The third-order valence-electron chi connectivity index (χ3n) is 5.97. The van der Waals surface area contributed by atoms with Gasteiger partial charge in [0.25, 0.3) is 0 Å². The fraction of sp³-hybridized carbons (Fsp3) is 0.435. The third-order valence-corrected chi connectivity index (χ3v) is 6.89. The van der Waals surface area contributed by atoms with E-state index < -0.39 is 0 Å². The number of carbonyl (C=O) groups is 1. The maximum Gasteiger partial charge on any atom is 0.223 e. The van der Waals surface area contributed by atoms with Crippen molar-refractivity contribution in [3.05, 3.63) is 68.4 Å². The van der Waals surface area contributed by atoms with E-state index in [1.54, 1.807) is 4.90 Å². The SMILES string of the molecule is CCN1CCC(CC(=O)N(C)Cc2cc(Br)cc(Br)c2)(c2ccc(F)cc2)CC1. The highest BCUT2D eigenvalue weighted by Gasteiger charge is 2.38. The van der Waals surface area contributed by atoms with Gasteiger partial charge in [-0.25, -0.2) is 4.39 Å². The molecule has 0 N–H and O–H groups in total. The third kappa shape index (κ3) is 5.68. The first-order chi connectivity index (χ1) is 13.8. The number of piperidine rings is 1. The molecule has 6 heteroatoms. The summed E-state index contributed by atoms with van der Waals surface area (Å²) in [4.78, 5) is 17.4. The molecule has 3 rings (SSSR count). The van der Waals surface area contributed by atoms with Crippen molar-refractivity contribution in [3.8, 4) is 0 Å². The highest BCUT2D eigenvalue weighted by Crippen LogP contribution is 2.39. The lowest BCUT2D eigenvalue weighted by atomic mass is 9.70. The number of halogens is 3. The normalized spacial score (nSPS) is 16.6. The molecule has 3 nitrogen and oxygen atoms in total. The zero-order chi connectivity index (χ0) is 21.0. The number of rotatable bonds is 6. The zero-order valence-corrected chi connectivity index (χ0v) is 20.1. The molecule has 2 aromatic rings. The van der Waals surface area contributed by atoms with Crippen molar-refractivity contribution < 1.29 is 9.18 Å². The summed E-state index contributed by atoms with van der Waals surface area (Å²) in [5.41, 5.74) is 1.91. The molecular weight excluding hydrogens is 499 g/mol. The van der Waals surface area contributed by atoms with E-state index in [-0.39, 0.29) is 17.1 Å². The highest BCUT2D eigenvalue weighted by molar-refractivity contribution is 9.11. The van der Waals surface area contributed by atoms with Gasteiger partial charge in [0.15, 0.2) is 0 Å². The van der Waals surface area contributed by atoms with Gasteiger partial charge in [0.2, 0.25) is 5.91 Å². The van der Waals surface area contributed by atoms with Crippen LogP contribution in [0, 0.1) is 5.82 Å². The molecule has 1 aliphatic heterocycles. The van der Waals surface area contributed by atoms with Crippen molar-refractivity contribution in [2.24, 2.45) is 0 Å². The molecule has 1 fully saturated rings. The number of amides is 1. The van der Waals surface area contributed by atoms with Crippen LogP contribution in [0.25, 0.3) is 0 Å². The molecule has 0 radical (unpaired) electrons. The van der Waals surface area contributed by atoms with E-state index in [2.05, 4.69) is 43.7 Å². The average Bonchev–Trinajstić information content (AvgIpc) is 2.68. The largest absolute Gasteiger partial charge is 0.341 e. The van der Waals surface area contributed by atoms with Crippen molar-refractivity contribution in [1.82, 2.24) is 9.80 Å². The summed E-state index contributed by atoms with van der Waals surface area (Å²) in [6.07, 6.45) is 2.27. The summed E-state index contributed by atoms with van der Waals surface area (Å²) in [6.45, 7) is 5.66. The Balaban J connectivity index is 1.78. The maximum atomic E-state index is 13.5. The molecule has 0 atom stereocenters. The standard InChI is InChI=1S/C23H27Br2FN2O/c1-3-28-10-8-23(9-11-28,18-4-6-21(26)7-5-18)15-22(29)27(2)16-17-12-19(24)14-20(25)13-17/h4-7,12-14H,3,8-11,15-16H2,1-2H3. The van der Waals surface area contributed by atoms with Gasteiger partial charge >= 0.3 is 0 Å². The summed E-state index contributed by atoms with van der Waals surface area (Å²) in [5, 5.41) is 0. The Labute approximate surface area is 189 Å². The predicted molar refractivity (Wildman–Crippen MR) is 122 cm³/mol. The van der Waals surface area contributed by atoms with Crippen LogP contribution in [0.5, 0.6) is 0 Å². The number of likely N-dealkylation sites (tertiary alicyclic amines) is 1. The Bertz CT molecular complexity index is 828. The van der Waals surface area contributed by atoms with Crippen molar-refractivity contribution >= 4 is 37.8 Å². The maximum absolute atomic E-state index is 13.5. The van der Waals surface area contributed by atoms with Crippen molar-refractivity contribution in [2.45, 2.75) is 38.1 Å². The molecule has 0 saturated carbocycles. The van der Waals surface area contributed by atoms with E-state index in [4.69, 9.17) is 0 Å². The van der Waals surface area contributed by atoms with Crippen LogP contribution >= 0.6 is 31.9 Å². The number of nitrogens with zero attached hydrogens (tertiary/aromatic N) is 2. The van der Waals surface area contributed by atoms with Crippen molar-refractivity contribution in [1.29, 1.82) is 0 Å². The van der Waals surface area contributed by atoms with Crippen LogP contribution in [-0.4, -0.2) is 42.4 Å². The Kier molecular flexibility index (Phi) is 7.52. The second-order valence-corrected chi connectivity index (χ2v) is 9.76. The van der Waals surface area contributed by atoms with Gasteiger partial charge in [-0.3, -0.25) is 4.79 Å². The fourth-order valence-corrected chi connectivity index (χ4v) is 5.55. The average molecular weight is 526 g/mol. The molecule has 0 spiro atoms. The van der Waals surface area contributed by atoms with Crippen LogP contribution in [0.1, 0.15) is 37.3 Å². The van der Waals surface area contributed by atoms with E-state index in [0.29, 0.717) is 13.0 Å². The molecule has 2 aromatic carbocycles. The van der Waals surface area contributed by atoms with Crippen LogP contribution in [0.2, 0.25) is 0 Å². The second kappa shape index (κ2) is 9.71. The van der Waals surface area contributed by atoms with E-state index in [9.17, 15) is 9.18 Å². The lowest BCUT2D eigenvalue weighted by molar-refractivity contribution is -0.132. The van der Waals surface area contributed by atoms with Gasteiger partial charge < -0.3 is 9.80 Å². The van der Waals surface area contributed by atoms with Crippen molar-refractivity contribution in [2.75, 3.05) is 26.7 Å². The number of hydrogen-bond acceptors (Lipinski definition) is 2. The molecule has 1 heterocycles. The van der Waals surface area contributed by atoms with Gasteiger partial charge in [0, 0.05) is 34.4 Å². The monoisotopic (exact) mass is 524 g/mol. The second-order valence-electron chi connectivity index (χ2n) is 7.93. The first-order valence-corrected chi connectivity index (χ1v) is 11.6. The van der Waals surface area contributed by atoms with Crippen LogP contribution in [0.4, 0.5) is 4.39 Å². The molecule has 1 amide bonds. The Hall–Kier alpha value is -1.24. The Morgan fingerprint density at radius 3 is 2.24 bits per heavy atom. The van der Waals surface area contributed by atoms with Gasteiger partial charge in [-0.05, 0) is 73.9 Å². The molecule has 1 saturated heterocycles. The molecule has 29 heavy (non-hydrogen) atoms. The number of benzene rings is 2. The van der Waals surface area contributed by atoms with E-state index >= 15 is 0 Å². The lowest BCUT2D eigenvalue weighted by Gasteiger charge is -2.42. The topological polar surface area (TPSA) is 23.6 Å². The smallest absolute Gasteiger partial charge is 0.223 e. The highest BCUT2D eigenvalue weighted by atomic mass is 79.9. The molecule has 0 aliphatic carbocycles. The predicted octanol–water partition coefficient (Wildman–Crippen LogP) is 5.75. The van der Waals surface area contributed by atoms with E-state index in [1.807, 2.05) is 37.4 Å². The molecule has 0 unspecified atom stereocenters. The van der Waals surface area contributed by atoms with Gasteiger partial charge in [-0.1, -0.05) is 50.9 Å². The molecule has 1 aliphatic rings. The molecule has 156 valence electrons. The van der Waals surface area contributed by atoms with E-state index in [0.717, 1.165) is 52.5 Å². The Morgan fingerprint density at radius 2 is 1.69 bits per heavy atom. The van der Waals surface area contributed by atoms with Gasteiger partial charge in [-0.15, -0.1) is 0 Å². The minimum absolute atomic E-state index is 0.121. The summed E-state index contributed by atoms with van der Waals surface area (Å²) < 4.78 is 15.5. The molecule has 0 aromatic heterocycles. The van der Waals surface area contributed by atoms with E-state index in [1.165, 1.54) is 12.1 Å².